The molecule has 1 heterocycles. The van der Waals surface area contributed by atoms with Crippen molar-refractivity contribution in [3.63, 3.8) is 0 Å². The van der Waals surface area contributed by atoms with E-state index >= 15 is 0 Å². The van der Waals surface area contributed by atoms with Crippen LogP contribution >= 0.6 is 34.2 Å². The van der Waals surface area contributed by atoms with Gasteiger partial charge in [0.25, 0.3) is 5.91 Å². The molecule has 0 bridgehead atoms. The topological polar surface area (TPSA) is 61.6 Å². The van der Waals surface area contributed by atoms with Gasteiger partial charge in [0.1, 0.15) is 5.75 Å². The maximum atomic E-state index is 11.4. The van der Waals surface area contributed by atoms with Crippen molar-refractivity contribution in [1.29, 1.82) is 0 Å². The fraction of sp³-hybridized carbons (Fsp3) is 0.462. The average molecular weight is 396 g/mol. The number of rotatable bonds is 4. The van der Waals surface area contributed by atoms with Gasteiger partial charge in [-0.3, -0.25) is 4.79 Å². The van der Waals surface area contributed by atoms with Crippen LogP contribution in [-0.4, -0.2) is 25.7 Å². The quantitative estimate of drug-likeness (QED) is 0.798. The first-order valence-corrected chi connectivity index (χ1v) is 7.53. The molecule has 0 atom stereocenters. The van der Waals surface area contributed by atoms with Crippen LogP contribution in [0.2, 0.25) is 5.02 Å². The number of nitrogens with two attached hydrogens (primary N) is 1. The van der Waals surface area contributed by atoms with E-state index in [0.717, 1.165) is 29.6 Å². The summed E-state index contributed by atoms with van der Waals surface area (Å²) in [5.74, 6) is 0.441. The Bertz CT molecular complexity index is 475. The molecular weight excluding hydrogens is 381 g/mol. The highest BCUT2D eigenvalue weighted by Crippen LogP contribution is 2.29. The molecule has 4 nitrogen and oxygen atoms in total. The maximum absolute atomic E-state index is 11.4. The number of carbonyl (C=O) groups excluding carboxylic acids is 1. The summed E-state index contributed by atoms with van der Waals surface area (Å²) >= 11 is 8.09. The molecular formula is C13H15ClINO3. The molecule has 0 unspecified atom stereocenters. The summed E-state index contributed by atoms with van der Waals surface area (Å²) in [5.41, 5.74) is 5.67. The molecule has 2 N–H and O–H groups in total. The molecule has 19 heavy (non-hydrogen) atoms. The molecule has 1 fully saturated rings. The van der Waals surface area contributed by atoms with Crippen LogP contribution in [0.15, 0.2) is 12.1 Å². The smallest absolute Gasteiger partial charge is 0.252 e. The van der Waals surface area contributed by atoms with Gasteiger partial charge < -0.3 is 15.2 Å². The van der Waals surface area contributed by atoms with E-state index in [2.05, 4.69) is 22.6 Å². The third-order valence-corrected chi connectivity index (χ3v) is 4.63. The zero-order chi connectivity index (χ0) is 13.8. The number of hydrogen-bond acceptors (Lipinski definition) is 3. The van der Waals surface area contributed by atoms with E-state index in [-0.39, 0.29) is 0 Å². The van der Waals surface area contributed by atoms with Gasteiger partial charge in [-0.1, -0.05) is 11.6 Å². The Hall–Kier alpha value is -0.530. The van der Waals surface area contributed by atoms with E-state index < -0.39 is 5.91 Å². The summed E-state index contributed by atoms with van der Waals surface area (Å²) < 4.78 is 11.9. The third kappa shape index (κ3) is 3.97. The Balaban J connectivity index is 2.09. The Labute approximate surface area is 130 Å². The zero-order valence-electron chi connectivity index (χ0n) is 10.3. The van der Waals surface area contributed by atoms with Gasteiger partial charge in [-0.2, -0.15) is 0 Å². The van der Waals surface area contributed by atoms with E-state index in [4.69, 9.17) is 26.8 Å². The first kappa shape index (κ1) is 14.9. The molecule has 1 aliphatic rings. The SMILES string of the molecule is NC(=O)c1cc(Cl)c(I)cc1OCC1CCOCC1. The second kappa shape index (κ2) is 6.76. The van der Waals surface area contributed by atoms with Gasteiger partial charge in [-0.25, -0.2) is 0 Å². The van der Waals surface area contributed by atoms with Gasteiger partial charge >= 0.3 is 0 Å². The lowest BCUT2D eigenvalue weighted by molar-refractivity contribution is 0.0495. The van der Waals surface area contributed by atoms with Gasteiger partial charge in [-0.15, -0.1) is 0 Å². The van der Waals surface area contributed by atoms with Crippen LogP contribution < -0.4 is 10.5 Å². The van der Waals surface area contributed by atoms with Crippen LogP contribution in [0.4, 0.5) is 0 Å². The fourth-order valence-corrected chi connectivity index (χ4v) is 2.56. The fourth-order valence-electron chi connectivity index (χ4n) is 1.96. The normalized spacial score (nSPS) is 16.3. The molecule has 2 rings (SSSR count). The van der Waals surface area contributed by atoms with Gasteiger partial charge in [0.15, 0.2) is 0 Å². The van der Waals surface area contributed by atoms with Gasteiger partial charge in [-0.05, 0) is 53.5 Å². The molecule has 1 saturated heterocycles. The number of carbonyl (C=O) groups is 1. The van der Waals surface area contributed by atoms with Crippen LogP contribution in [-0.2, 0) is 4.74 Å². The third-order valence-electron chi connectivity index (χ3n) is 3.10. The molecule has 104 valence electrons. The van der Waals surface area contributed by atoms with Gasteiger partial charge in [0, 0.05) is 16.8 Å². The number of benzene rings is 1. The van der Waals surface area contributed by atoms with Crippen molar-refractivity contribution in [1.82, 2.24) is 0 Å². The van der Waals surface area contributed by atoms with Crippen molar-refractivity contribution in [3.05, 3.63) is 26.3 Å². The highest BCUT2D eigenvalue weighted by atomic mass is 127. The molecule has 0 saturated carbocycles. The zero-order valence-corrected chi connectivity index (χ0v) is 13.2. The Morgan fingerprint density at radius 1 is 1.47 bits per heavy atom. The summed E-state index contributed by atoms with van der Waals surface area (Å²) in [6.07, 6.45) is 1.97. The highest BCUT2D eigenvalue weighted by molar-refractivity contribution is 14.1. The van der Waals surface area contributed by atoms with Gasteiger partial charge in [0.05, 0.1) is 17.2 Å². The largest absolute Gasteiger partial charge is 0.492 e. The Morgan fingerprint density at radius 2 is 2.16 bits per heavy atom. The minimum atomic E-state index is -0.528. The first-order valence-electron chi connectivity index (χ1n) is 6.07. The van der Waals surface area contributed by atoms with Crippen LogP contribution in [0.5, 0.6) is 5.75 Å². The number of hydrogen-bond donors (Lipinski definition) is 1. The number of halogens is 2. The van der Waals surface area contributed by atoms with E-state index in [0.29, 0.717) is 28.9 Å². The van der Waals surface area contributed by atoms with Crippen molar-refractivity contribution in [2.24, 2.45) is 11.7 Å². The summed E-state index contributed by atoms with van der Waals surface area (Å²) in [7, 11) is 0. The molecule has 6 heteroatoms. The van der Waals surface area contributed by atoms with Crippen molar-refractivity contribution in [2.45, 2.75) is 12.8 Å². The maximum Gasteiger partial charge on any atom is 0.252 e. The van der Waals surface area contributed by atoms with Crippen LogP contribution in [0.25, 0.3) is 0 Å². The van der Waals surface area contributed by atoms with Crippen molar-refractivity contribution in [3.8, 4) is 5.75 Å². The summed E-state index contributed by atoms with van der Waals surface area (Å²) in [4.78, 5) is 11.4. The van der Waals surface area contributed by atoms with Crippen molar-refractivity contribution < 1.29 is 14.3 Å². The van der Waals surface area contributed by atoms with Crippen molar-refractivity contribution in [2.75, 3.05) is 19.8 Å². The molecule has 0 aliphatic carbocycles. The van der Waals surface area contributed by atoms with Crippen molar-refractivity contribution >= 4 is 40.1 Å². The number of primary amides is 1. The first-order chi connectivity index (χ1) is 9.08. The predicted molar refractivity (Wildman–Crippen MR) is 81.7 cm³/mol. The summed E-state index contributed by atoms with van der Waals surface area (Å²) in [6.45, 7) is 2.12. The van der Waals surface area contributed by atoms with Crippen LogP contribution in [0, 0.1) is 9.49 Å². The standard InChI is InChI=1S/C13H15ClINO3/c14-10-5-9(13(16)17)12(6-11(10)15)19-7-8-1-3-18-4-2-8/h5-6,8H,1-4,7H2,(H2,16,17). The molecule has 1 amide bonds. The second-order valence-electron chi connectivity index (χ2n) is 4.49. The van der Waals surface area contributed by atoms with E-state index in [9.17, 15) is 4.79 Å². The molecule has 1 aromatic rings. The van der Waals surface area contributed by atoms with Crippen LogP contribution in [0.1, 0.15) is 23.2 Å². The highest BCUT2D eigenvalue weighted by Gasteiger charge is 2.17. The Kier molecular flexibility index (Phi) is 5.29. The van der Waals surface area contributed by atoms with Crippen LogP contribution in [0.3, 0.4) is 0 Å². The second-order valence-corrected chi connectivity index (χ2v) is 6.06. The number of amides is 1. The van der Waals surface area contributed by atoms with E-state index in [1.807, 2.05) is 0 Å². The minimum absolute atomic E-state index is 0.331. The lowest BCUT2D eigenvalue weighted by Gasteiger charge is -2.22. The molecule has 0 radical (unpaired) electrons. The molecule has 0 aromatic heterocycles. The molecule has 1 aromatic carbocycles. The van der Waals surface area contributed by atoms with Gasteiger partial charge in [0.2, 0.25) is 0 Å². The molecule has 0 spiro atoms. The van der Waals surface area contributed by atoms with E-state index in [1.165, 1.54) is 0 Å². The van der Waals surface area contributed by atoms with E-state index in [1.54, 1.807) is 12.1 Å². The number of ether oxygens (including phenoxy) is 2. The summed E-state index contributed by atoms with van der Waals surface area (Å²) in [6, 6.07) is 3.31. The average Bonchev–Trinajstić information content (AvgIpc) is 2.40. The monoisotopic (exact) mass is 395 g/mol. The lowest BCUT2D eigenvalue weighted by Crippen LogP contribution is -2.22. The predicted octanol–water partition coefficient (Wildman–Crippen LogP) is 2.85. The minimum Gasteiger partial charge on any atom is -0.492 e. The lowest BCUT2D eigenvalue weighted by atomic mass is 10.0. The molecule has 1 aliphatic heterocycles. The Morgan fingerprint density at radius 3 is 2.79 bits per heavy atom. The summed E-state index contributed by atoms with van der Waals surface area (Å²) in [5, 5.41) is 0.507.